The van der Waals surface area contributed by atoms with Crippen LogP contribution in [0.3, 0.4) is 0 Å². The molecule has 3 aromatic rings. The number of aromatic nitrogens is 2. The van der Waals surface area contributed by atoms with E-state index in [0.717, 1.165) is 39.9 Å². The molecule has 0 bridgehead atoms. The molecule has 0 aliphatic rings. The molecule has 1 aromatic carbocycles. The van der Waals surface area contributed by atoms with E-state index in [2.05, 4.69) is 37.3 Å². The Hall–Kier alpha value is -1.66. The van der Waals surface area contributed by atoms with Crippen LogP contribution in [0.1, 0.15) is 23.5 Å². The molecule has 0 aliphatic heterocycles. The van der Waals surface area contributed by atoms with Crippen LogP contribution < -0.4 is 5.32 Å². The maximum absolute atomic E-state index is 11.9. The van der Waals surface area contributed by atoms with E-state index in [1.165, 1.54) is 4.88 Å². The van der Waals surface area contributed by atoms with E-state index in [9.17, 15) is 4.79 Å². The van der Waals surface area contributed by atoms with Gasteiger partial charge in [-0.05, 0) is 53.0 Å². The SMILES string of the molecule is O=C(CCCc1ccc(Br)s1)NCCc1nc2ccccc2[nH]1. The van der Waals surface area contributed by atoms with E-state index in [1.807, 2.05) is 30.3 Å². The molecule has 0 atom stereocenters. The molecule has 0 saturated carbocycles. The molecule has 0 aliphatic carbocycles. The molecule has 2 aromatic heterocycles. The van der Waals surface area contributed by atoms with Crippen molar-refractivity contribution in [2.24, 2.45) is 0 Å². The second-order valence-electron chi connectivity index (χ2n) is 5.36. The minimum atomic E-state index is 0.108. The highest BCUT2D eigenvalue weighted by molar-refractivity contribution is 9.11. The number of aryl methyl sites for hydroxylation is 1. The molecule has 1 amide bonds. The van der Waals surface area contributed by atoms with Crippen LogP contribution in [0.4, 0.5) is 0 Å². The summed E-state index contributed by atoms with van der Waals surface area (Å²) in [6.45, 7) is 0.614. The van der Waals surface area contributed by atoms with Crippen LogP contribution in [0.15, 0.2) is 40.2 Å². The topological polar surface area (TPSA) is 57.8 Å². The summed E-state index contributed by atoms with van der Waals surface area (Å²) in [6, 6.07) is 12.1. The molecular formula is C17H18BrN3OS. The summed E-state index contributed by atoms with van der Waals surface area (Å²) in [5.74, 6) is 1.02. The van der Waals surface area contributed by atoms with Gasteiger partial charge >= 0.3 is 0 Å². The molecule has 2 heterocycles. The summed E-state index contributed by atoms with van der Waals surface area (Å²) in [5.41, 5.74) is 2.01. The smallest absolute Gasteiger partial charge is 0.220 e. The number of benzene rings is 1. The van der Waals surface area contributed by atoms with Crippen molar-refractivity contribution in [1.29, 1.82) is 0 Å². The number of rotatable bonds is 7. The highest BCUT2D eigenvalue weighted by Gasteiger charge is 2.05. The van der Waals surface area contributed by atoms with Gasteiger partial charge in [-0.3, -0.25) is 4.79 Å². The van der Waals surface area contributed by atoms with E-state index in [0.29, 0.717) is 13.0 Å². The number of carbonyl (C=O) groups is 1. The van der Waals surface area contributed by atoms with Gasteiger partial charge in [0.25, 0.3) is 0 Å². The van der Waals surface area contributed by atoms with Crippen molar-refractivity contribution in [3.63, 3.8) is 0 Å². The first-order valence-corrected chi connectivity index (χ1v) is 9.26. The number of hydrogen-bond donors (Lipinski definition) is 2. The Bertz CT molecular complexity index is 763. The van der Waals surface area contributed by atoms with Gasteiger partial charge in [-0.2, -0.15) is 0 Å². The van der Waals surface area contributed by atoms with Gasteiger partial charge < -0.3 is 10.3 Å². The Kier molecular flexibility index (Phi) is 5.46. The first kappa shape index (κ1) is 16.2. The molecule has 0 fully saturated rings. The Morgan fingerprint density at radius 3 is 2.87 bits per heavy atom. The Balaban J connectivity index is 1.37. The number of nitrogens with zero attached hydrogens (tertiary/aromatic N) is 1. The van der Waals surface area contributed by atoms with E-state index in [4.69, 9.17) is 0 Å². The number of thiophene rings is 1. The number of nitrogens with one attached hydrogen (secondary N) is 2. The Morgan fingerprint density at radius 1 is 1.22 bits per heavy atom. The van der Waals surface area contributed by atoms with E-state index in [-0.39, 0.29) is 5.91 Å². The van der Waals surface area contributed by atoms with E-state index >= 15 is 0 Å². The quantitative estimate of drug-likeness (QED) is 0.637. The molecule has 23 heavy (non-hydrogen) atoms. The van der Waals surface area contributed by atoms with Gasteiger partial charge in [-0.1, -0.05) is 12.1 Å². The van der Waals surface area contributed by atoms with Crippen LogP contribution in [-0.2, 0) is 17.6 Å². The number of hydrogen-bond acceptors (Lipinski definition) is 3. The molecule has 6 heteroatoms. The number of amides is 1. The van der Waals surface area contributed by atoms with Gasteiger partial charge in [-0.15, -0.1) is 11.3 Å². The third kappa shape index (κ3) is 4.65. The molecule has 4 nitrogen and oxygen atoms in total. The van der Waals surface area contributed by atoms with Gasteiger partial charge in [-0.25, -0.2) is 4.98 Å². The lowest BCUT2D eigenvalue weighted by molar-refractivity contribution is -0.121. The lowest BCUT2D eigenvalue weighted by Crippen LogP contribution is -2.25. The largest absolute Gasteiger partial charge is 0.356 e. The normalized spacial score (nSPS) is 11.0. The van der Waals surface area contributed by atoms with Crippen LogP contribution in [0.5, 0.6) is 0 Å². The Labute approximate surface area is 147 Å². The maximum Gasteiger partial charge on any atom is 0.220 e. The lowest BCUT2D eigenvalue weighted by atomic mass is 10.2. The lowest BCUT2D eigenvalue weighted by Gasteiger charge is -2.03. The number of halogens is 1. The minimum Gasteiger partial charge on any atom is -0.356 e. The number of H-pyrrole nitrogens is 1. The first-order valence-electron chi connectivity index (χ1n) is 7.65. The number of fused-ring (bicyclic) bond motifs is 1. The average molecular weight is 392 g/mol. The van der Waals surface area contributed by atoms with Crippen molar-refractivity contribution < 1.29 is 4.79 Å². The first-order chi connectivity index (χ1) is 11.2. The molecule has 0 radical (unpaired) electrons. The molecule has 0 unspecified atom stereocenters. The number of imidazole rings is 1. The van der Waals surface area contributed by atoms with Crippen LogP contribution in [-0.4, -0.2) is 22.4 Å². The second-order valence-corrected chi connectivity index (χ2v) is 7.91. The standard InChI is InChI=1S/C17H18BrN3OS/c18-15-9-8-12(23-15)4-3-7-17(22)19-11-10-16-20-13-5-1-2-6-14(13)21-16/h1-2,5-6,8-9H,3-4,7,10-11H2,(H,19,22)(H,20,21). The van der Waals surface area contributed by atoms with Crippen molar-refractivity contribution >= 4 is 44.2 Å². The summed E-state index contributed by atoms with van der Waals surface area (Å²) >= 11 is 5.18. The highest BCUT2D eigenvalue weighted by Crippen LogP contribution is 2.23. The summed E-state index contributed by atoms with van der Waals surface area (Å²) in [6.07, 6.45) is 3.12. The van der Waals surface area contributed by atoms with Crippen molar-refractivity contribution in [3.05, 3.63) is 50.9 Å². The van der Waals surface area contributed by atoms with E-state index < -0.39 is 0 Å². The molecule has 2 N–H and O–H groups in total. The monoisotopic (exact) mass is 391 g/mol. The highest BCUT2D eigenvalue weighted by atomic mass is 79.9. The fourth-order valence-electron chi connectivity index (χ4n) is 2.44. The molecule has 0 saturated heterocycles. The fraction of sp³-hybridized carbons (Fsp3) is 0.294. The third-order valence-corrected chi connectivity index (χ3v) is 5.26. The van der Waals surface area contributed by atoms with Gasteiger partial charge in [0.2, 0.25) is 5.91 Å². The fourth-order valence-corrected chi connectivity index (χ4v) is 3.97. The summed E-state index contributed by atoms with van der Waals surface area (Å²) < 4.78 is 1.14. The summed E-state index contributed by atoms with van der Waals surface area (Å²) in [7, 11) is 0. The summed E-state index contributed by atoms with van der Waals surface area (Å²) in [4.78, 5) is 20.9. The van der Waals surface area contributed by atoms with Gasteiger partial charge in [0.15, 0.2) is 0 Å². The third-order valence-electron chi connectivity index (χ3n) is 3.58. The summed E-state index contributed by atoms with van der Waals surface area (Å²) in [5, 5.41) is 2.96. The second kappa shape index (κ2) is 7.75. The number of para-hydroxylation sites is 2. The zero-order chi connectivity index (χ0) is 16.1. The predicted molar refractivity (Wildman–Crippen MR) is 97.8 cm³/mol. The molecular weight excluding hydrogens is 374 g/mol. The van der Waals surface area contributed by atoms with Crippen LogP contribution in [0.25, 0.3) is 11.0 Å². The van der Waals surface area contributed by atoms with Crippen LogP contribution in [0.2, 0.25) is 0 Å². The Morgan fingerprint density at radius 2 is 2.09 bits per heavy atom. The van der Waals surface area contributed by atoms with Crippen molar-refractivity contribution in [1.82, 2.24) is 15.3 Å². The zero-order valence-corrected chi connectivity index (χ0v) is 15.0. The minimum absolute atomic E-state index is 0.108. The zero-order valence-electron chi connectivity index (χ0n) is 12.6. The van der Waals surface area contributed by atoms with Gasteiger partial charge in [0.05, 0.1) is 14.8 Å². The van der Waals surface area contributed by atoms with Crippen LogP contribution >= 0.6 is 27.3 Å². The van der Waals surface area contributed by atoms with Gasteiger partial charge in [0.1, 0.15) is 5.82 Å². The number of carbonyl (C=O) groups excluding carboxylic acids is 1. The average Bonchev–Trinajstić information content (AvgIpc) is 3.13. The van der Waals surface area contributed by atoms with Crippen LogP contribution in [0, 0.1) is 0 Å². The molecule has 120 valence electrons. The van der Waals surface area contributed by atoms with Crippen molar-refractivity contribution in [2.75, 3.05) is 6.54 Å². The van der Waals surface area contributed by atoms with E-state index in [1.54, 1.807) is 11.3 Å². The maximum atomic E-state index is 11.9. The molecule has 0 spiro atoms. The number of aromatic amines is 1. The molecule has 3 rings (SSSR count). The van der Waals surface area contributed by atoms with Crippen molar-refractivity contribution in [2.45, 2.75) is 25.7 Å². The van der Waals surface area contributed by atoms with Gasteiger partial charge in [0, 0.05) is 24.3 Å². The van der Waals surface area contributed by atoms with Crippen molar-refractivity contribution in [3.8, 4) is 0 Å². The predicted octanol–water partition coefficient (Wildman–Crippen LogP) is 4.07.